The molecule has 0 bridgehead atoms. The lowest BCUT2D eigenvalue weighted by Crippen LogP contribution is -2.61. The molecule has 8 heteroatoms. The molecular formula is C24H28O8. The van der Waals surface area contributed by atoms with Crippen molar-refractivity contribution in [2.24, 2.45) is 22.7 Å². The van der Waals surface area contributed by atoms with Crippen LogP contribution in [0.4, 0.5) is 0 Å². The van der Waals surface area contributed by atoms with Crippen molar-refractivity contribution >= 4 is 23.5 Å². The number of carbonyl (C=O) groups is 4. The van der Waals surface area contributed by atoms with Gasteiger partial charge in [-0.3, -0.25) is 19.2 Å². The molecule has 1 N–H and O–H groups in total. The van der Waals surface area contributed by atoms with Gasteiger partial charge in [-0.05, 0) is 63.3 Å². The average Bonchev–Trinajstić information content (AvgIpc) is 2.88. The van der Waals surface area contributed by atoms with Gasteiger partial charge in [-0.25, -0.2) is 0 Å². The Bertz CT molecular complexity index is 1050. The number of esters is 2. The molecule has 2 saturated heterocycles. The zero-order valence-electron chi connectivity index (χ0n) is 18.9. The minimum Gasteiger partial charge on any atom is -0.455 e. The molecule has 172 valence electrons. The lowest BCUT2D eigenvalue weighted by Gasteiger charge is -2.53. The van der Waals surface area contributed by atoms with E-state index < -0.39 is 59.2 Å². The first kappa shape index (κ1) is 21.5. The van der Waals surface area contributed by atoms with Gasteiger partial charge in [-0.2, -0.15) is 0 Å². The number of Topliss-reactive ketones (excluding diaryl/α,β-unsaturated/α-hetero) is 2. The number of aliphatic hydroxyl groups is 1. The van der Waals surface area contributed by atoms with Gasteiger partial charge >= 0.3 is 11.9 Å². The van der Waals surface area contributed by atoms with Crippen LogP contribution < -0.4 is 0 Å². The first-order valence-electron chi connectivity index (χ1n) is 11.1. The number of cyclic esters (lactones) is 1. The van der Waals surface area contributed by atoms with Crippen molar-refractivity contribution in [2.75, 3.05) is 6.61 Å². The van der Waals surface area contributed by atoms with Crippen molar-refractivity contribution in [2.45, 2.75) is 71.9 Å². The number of carbonyl (C=O) groups excluding carboxylic acids is 4. The maximum atomic E-state index is 14.0. The van der Waals surface area contributed by atoms with E-state index in [0.717, 1.165) is 0 Å². The molecule has 0 aromatic rings. The number of allylic oxidation sites excluding steroid dienone is 1. The van der Waals surface area contributed by atoms with Crippen molar-refractivity contribution < 1.29 is 38.5 Å². The Morgan fingerprint density at radius 3 is 2.38 bits per heavy atom. The van der Waals surface area contributed by atoms with E-state index in [4.69, 9.17) is 14.2 Å². The summed E-state index contributed by atoms with van der Waals surface area (Å²) in [5.74, 6) is -2.76. The Balaban J connectivity index is 1.81. The molecule has 3 heterocycles. The van der Waals surface area contributed by atoms with Gasteiger partial charge in [0.1, 0.15) is 17.5 Å². The number of hydrogen-bond acceptors (Lipinski definition) is 8. The van der Waals surface area contributed by atoms with Crippen molar-refractivity contribution in [1.29, 1.82) is 0 Å². The topological polar surface area (TPSA) is 116 Å². The number of ether oxygens (including phenoxy) is 3. The molecule has 0 spiro atoms. The van der Waals surface area contributed by atoms with E-state index in [1.54, 1.807) is 34.6 Å². The first-order valence-corrected chi connectivity index (χ1v) is 11.1. The molecule has 5 aliphatic rings. The lowest BCUT2D eigenvalue weighted by atomic mass is 9.48. The van der Waals surface area contributed by atoms with Crippen molar-refractivity contribution in [3.63, 3.8) is 0 Å². The largest absolute Gasteiger partial charge is 0.455 e. The third kappa shape index (κ3) is 2.45. The highest BCUT2D eigenvalue weighted by Gasteiger charge is 2.71. The molecule has 32 heavy (non-hydrogen) atoms. The van der Waals surface area contributed by atoms with Crippen LogP contribution in [0.15, 0.2) is 22.3 Å². The van der Waals surface area contributed by atoms with Crippen LogP contribution in [-0.2, 0) is 33.4 Å². The minimum absolute atomic E-state index is 0.00103. The van der Waals surface area contributed by atoms with Gasteiger partial charge in [0.2, 0.25) is 6.29 Å². The van der Waals surface area contributed by atoms with Gasteiger partial charge < -0.3 is 19.3 Å². The van der Waals surface area contributed by atoms with Crippen LogP contribution in [0.3, 0.4) is 0 Å². The Morgan fingerprint density at radius 1 is 1.03 bits per heavy atom. The molecule has 6 atom stereocenters. The molecule has 5 rings (SSSR count). The summed E-state index contributed by atoms with van der Waals surface area (Å²) in [6.45, 7) is 8.14. The van der Waals surface area contributed by atoms with E-state index in [9.17, 15) is 24.3 Å². The lowest BCUT2D eigenvalue weighted by molar-refractivity contribution is -0.211. The Labute approximate surface area is 186 Å². The Morgan fingerprint density at radius 2 is 1.72 bits per heavy atom. The van der Waals surface area contributed by atoms with E-state index in [-0.39, 0.29) is 30.8 Å². The van der Waals surface area contributed by atoms with Gasteiger partial charge in [-0.1, -0.05) is 0 Å². The fourth-order valence-corrected chi connectivity index (χ4v) is 6.74. The molecule has 3 aliphatic heterocycles. The molecule has 0 amide bonds. The van der Waals surface area contributed by atoms with Gasteiger partial charge in [0.15, 0.2) is 5.78 Å². The summed E-state index contributed by atoms with van der Waals surface area (Å²) in [6, 6.07) is 0. The van der Waals surface area contributed by atoms with Gasteiger partial charge in [-0.15, -0.1) is 0 Å². The van der Waals surface area contributed by atoms with Crippen molar-refractivity contribution in [1.82, 2.24) is 0 Å². The third-order valence-corrected chi connectivity index (χ3v) is 8.50. The number of ketones is 2. The molecule has 2 aliphatic carbocycles. The van der Waals surface area contributed by atoms with Crippen LogP contribution in [0.5, 0.6) is 0 Å². The summed E-state index contributed by atoms with van der Waals surface area (Å²) >= 11 is 0. The van der Waals surface area contributed by atoms with E-state index in [0.29, 0.717) is 22.3 Å². The number of rotatable bonds is 1. The molecule has 1 saturated carbocycles. The second-order valence-corrected chi connectivity index (χ2v) is 10.6. The fraction of sp³-hybridized carbons (Fsp3) is 0.667. The van der Waals surface area contributed by atoms with Gasteiger partial charge in [0.05, 0.1) is 23.9 Å². The summed E-state index contributed by atoms with van der Waals surface area (Å²) in [5.41, 5.74) is -1.06. The van der Waals surface area contributed by atoms with Gasteiger partial charge in [0.25, 0.3) is 0 Å². The van der Waals surface area contributed by atoms with E-state index in [1.165, 1.54) is 0 Å². The summed E-state index contributed by atoms with van der Waals surface area (Å²) < 4.78 is 16.8. The number of fused-ring (bicyclic) bond motifs is 2. The zero-order valence-corrected chi connectivity index (χ0v) is 18.9. The molecule has 3 fully saturated rings. The molecule has 0 aromatic heterocycles. The third-order valence-electron chi connectivity index (χ3n) is 8.50. The second kappa shape index (κ2) is 6.38. The van der Waals surface area contributed by atoms with Crippen LogP contribution in [-0.4, -0.2) is 53.2 Å². The SMILES string of the molecule is C[C@@H]1O[C@H]2OC(=O)[C@@]3(C)CC4=C(CO)C5=C(CC(=O)[C@@]4(C)[C@H](C1=O)[C@@H]23)C(C)(C)OC(=O)C5. The van der Waals surface area contributed by atoms with Crippen LogP contribution >= 0.6 is 0 Å². The maximum Gasteiger partial charge on any atom is 0.314 e. The number of hydrogen-bond donors (Lipinski definition) is 1. The molecule has 8 nitrogen and oxygen atoms in total. The summed E-state index contributed by atoms with van der Waals surface area (Å²) in [5, 5.41) is 10.5. The zero-order chi connectivity index (χ0) is 23.4. The highest BCUT2D eigenvalue weighted by Crippen LogP contribution is 2.65. The molecular weight excluding hydrogens is 416 g/mol. The summed E-state index contributed by atoms with van der Waals surface area (Å²) in [6.07, 6.45) is -1.63. The average molecular weight is 444 g/mol. The number of aliphatic hydroxyl groups excluding tert-OH is 1. The molecule has 0 unspecified atom stereocenters. The standard InChI is InChI=1S/C24H28O8/c1-10-19(28)17-18-20(30-10)31-21(29)23(18,4)8-14-12(9-25)11-6-16(27)32-22(2,3)13(11)7-15(26)24(14,17)5/h10,17-18,20,25H,6-9H2,1-5H3/t10-,17-,18-,20-,23-,24-/m0/s1. The van der Waals surface area contributed by atoms with Crippen LogP contribution in [0.1, 0.15) is 53.9 Å². The predicted octanol–water partition coefficient (Wildman–Crippen LogP) is 1.79. The maximum absolute atomic E-state index is 14.0. The normalized spacial score (nSPS) is 42.7. The van der Waals surface area contributed by atoms with E-state index in [2.05, 4.69) is 0 Å². The Hall–Kier alpha value is -2.32. The molecule has 0 aromatic carbocycles. The van der Waals surface area contributed by atoms with Crippen LogP contribution in [0, 0.1) is 22.7 Å². The Kier molecular flexibility index (Phi) is 4.29. The highest BCUT2D eigenvalue weighted by atomic mass is 16.7. The highest BCUT2D eigenvalue weighted by molar-refractivity contribution is 6.01. The summed E-state index contributed by atoms with van der Waals surface area (Å²) in [4.78, 5) is 52.9. The van der Waals surface area contributed by atoms with E-state index in [1.807, 2.05) is 0 Å². The van der Waals surface area contributed by atoms with E-state index >= 15 is 0 Å². The minimum atomic E-state index is -1.25. The van der Waals surface area contributed by atoms with Crippen molar-refractivity contribution in [3.8, 4) is 0 Å². The van der Waals surface area contributed by atoms with Gasteiger partial charge in [0, 0.05) is 18.3 Å². The first-order chi connectivity index (χ1) is 14.9. The van der Waals surface area contributed by atoms with Crippen molar-refractivity contribution in [3.05, 3.63) is 22.3 Å². The molecule has 0 radical (unpaired) electrons. The van der Waals surface area contributed by atoms with Crippen LogP contribution in [0.25, 0.3) is 0 Å². The smallest absolute Gasteiger partial charge is 0.314 e. The monoisotopic (exact) mass is 444 g/mol. The predicted molar refractivity (Wildman–Crippen MR) is 109 cm³/mol. The fourth-order valence-electron chi connectivity index (χ4n) is 6.74. The quantitative estimate of drug-likeness (QED) is 0.609. The summed E-state index contributed by atoms with van der Waals surface area (Å²) in [7, 11) is 0. The van der Waals surface area contributed by atoms with Crippen LogP contribution in [0.2, 0.25) is 0 Å². The second-order valence-electron chi connectivity index (χ2n) is 10.6.